The molecule has 0 radical (unpaired) electrons. The van der Waals surface area contributed by atoms with E-state index in [1.807, 2.05) is 6.07 Å². The summed E-state index contributed by atoms with van der Waals surface area (Å²) in [7, 11) is 0. The van der Waals surface area contributed by atoms with E-state index in [-0.39, 0.29) is 5.91 Å². The van der Waals surface area contributed by atoms with Crippen molar-refractivity contribution >= 4 is 5.91 Å². The van der Waals surface area contributed by atoms with Crippen LogP contribution >= 0.6 is 0 Å². The summed E-state index contributed by atoms with van der Waals surface area (Å²) in [6.07, 6.45) is 3.88. The third-order valence-corrected chi connectivity index (χ3v) is 1.91. The van der Waals surface area contributed by atoms with Gasteiger partial charge in [0.1, 0.15) is 0 Å². The summed E-state index contributed by atoms with van der Waals surface area (Å²) in [5, 5.41) is 8.36. The van der Waals surface area contributed by atoms with E-state index in [1.54, 1.807) is 4.90 Å². The van der Waals surface area contributed by atoms with Crippen LogP contribution in [0, 0.1) is 11.3 Å². The van der Waals surface area contributed by atoms with Crippen molar-refractivity contribution in [1.82, 2.24) is 4.90 Å². The van der Waals surface area contributed by atoms with Crippen LogP contribution in [0.3, 0.4) is 0 Å². The Morgan fingerprint density at radius 3 is 2.83 bits per heavy atom. The lowest BCUT2D eigenvalue weighted by Gasteiger charge is -2.18. The van der Waals surface area contributed by atoms with Crippen molar-refractivity contribution in [3.63, 3.8) is 0 Å². The number of carbonyl (C=O) groups is 1. The number of hydrogen-bond donors (Lipinski definition) is 0. The molecule has 0 N–H and O–H groups in total. The molecule has 0 aromatic rings. The van der Waals surface area contributed by atoms with Crippen molar-refractivity contribution in [2.75, 3.05) is 6.54 Å². The molecule has 0 bridgehead atoms. The molecule has 0 unspecified atom stereocenters. The minimum absolute atomic E-state index is 0.0484. The quantitative estimate of drug-likeness (QED) is 0.583. The number of nitrogens with zero attached hydrogens (tertiary/aromatic N) is 2. The first-order valence-corrected chi connectivity index (χ1v) is 4.09. The van der Waals surface area contributed by atoms with Gasteiger partial charge in [0, 0.05) is 12.6 Å². The average Bonchev–Trinajstić information content (AvgIpc) is 2.88. The van der Waals surface area contributed by atoms with Crippen LogP contribution in [-0.4, -0.2) is 23.4 Å². The maximum Gasteiger partial charge on any atom is 0.246 e. The maximum absolute atomic E-state index is 11.2. The molecule has 0 saturated heterocycles. The monoisotopic (exact) mass is 164 g/mol. The van der Waals surface area contributed by atoms with Crippen LogP contribution in [-0.2, 0) is 4.79 Å². The first-order chi connectivity index (χ1) is 5.79. The molecule has 1 aliphatic rings. The largest absolute Gasteiger partial charge is 0.335 e. The van der Waals surface area contributed by atoms with E-state index < -0.39 is 0 Å². The molecule has 0 heterocycles. The van der Waals surface area contributed by atoms with Gasteiger partial charge >= 0.3 is 0 Å². The van der Waals surface area contributed by atoms with Crippen LogP contribution in [0.1, 0.15) is 19.3 Å². The van der Waals surface area contributed by atoms with E-state index in [9.17, 15) is 4.79 Å². The highest BCUT2D eigenvalue weighted by molar-refractivity contribution is 5.87. The molecule has 1 rings (SSSR count). The van der Waals surface area contributed by atoms with E-state index in [1.165, 1.54) is 6.08 Å². The number of carbonyl (C=O) groups excluding carboxylic acids is 1. The zero-order valence-electron chi connectivity index (χ0n) is 6.99. The molecule has 0 atom stereocenters. The van der Waals surface area contributed by atoms with E-state index in [0.29, 0.717) is 19.0 Å². The van der Waals surface area contributed by atoms with Crippen LogP contribution in [0.4, 0.5) is 0 Å². The van der Waals surface area contributed by atoms with Gasteiger partial charge in [0.15, 0.2) is 0 Å². The molecule has 0 aromatic carbocycles. The summed E-state index contributed by atoms with van der Waals surface area (Å²) in [6.45, 7) is 3.97. The van der Waals surface area contributed by atoms with Gasteiger partial charge in [-0.1, -0.05) is 6.58 Å². The molecule has 0 aromatic heterocycles. The molecule has 0 spiro atoms. The van der Waals surface area contributed by atoms with Gasteiger partial charge in [0.05, 0.1) is 12.5 Å². The lowest BCUT2D eigenvalue weighted by Crippen LogP contribution is -2.32. The Morgan fingerprint density at radius 1 is 1.75 bits per heavy atom. The number of hydrogen-bond acceptors (Lipinski definition) is 2. The van der Waals surface area contributed by atoms with Crippen molar-refractivity contribution < 1.29 is 4.79 Å². The van der Waals surface area contributed by atoms with Crippen molar-refractivity contribution in [2.45, 2.75) is 25.3 Å². The van der Waals surface area contributed by atoms with Crippen molar-refractivity contribution in [3.05, 3.63) is 12.7 Å². The predicted molar refractivity (Wildman–Crippen MR) is 45.2 cm³/mol. The summed E-state index contributed by atoms with van der Waals surface area (Å²) < 4.78 is 0. The number of rotatable bonds is 4. The zero-order chi connectivity index (χ0) is 8.97. The smallest absolute Gasteiger partial charge is 0.246 e. The first kappa shape index (κ1) is 8.79. The van der Waals surface area contributed by atoms with Gasteiger partial charge in [-0.05, 0) is 18.9 Å². The summed E-state index contributed by atoms with van der Waals surface area (Å²) in [5.74, 6) is -0.0484. The molecule has 1 aliphatic carbocycles. The van der Waals surface area contributed by atoms with Crippen LogP contribution < -0.4 is 0 Å². The van der Waals surface area contributed by atoms with Crippen LogP contribution in [0.2, 0.25) is 0 Å². The average molecular weight is 164 g/mol. The molecule has 0 aliphatic heterocycles. The van der Waals surface area contributed by atoms with E-state index in [2.05, 4.69) is 6.58 Å². The Hall–Kier alpha value is -1.30. The fourth-order valence-electron chi connectivity index (χ4n) is 1.15. The second-order valence-corrected chi connectivity index (χ2v) is 2.88. The van der Waals surface area contributed by atoms with Crippen molar-refractivity contribution in [2.24, 2.45) is 0 Å². The topological polar surface area (TPSA) is 44.1 Å². The lowest BCUT2D eigenvalue weighted by molar-refractivity contribution is -0.126. The summed E-state index contributed by atoms with van der Waals surface area (Å²) in [6, 6.07) is 2.41. The third-order valence-electron chi connectivity index (χ3n) is 1.91. The molecular formula is C9H12N2O. The lowest BCUT2D eigenvalue weighted by atomic mass is 10.3. The van der Waals surface area contributed by atoms with Gasteiger partial charge in [0.25, 0.3) is 0 Å². The molecule has 1 saturated carbocycles. The van der Waals surface area contributed by atoms with E-state index >= 15 is 0 Å². The van der Waals surface area contributed by atoms with Gasteiger partial charge in [0.2, 0.25) is 5.91 Å². The predicted octanol–water partition coefficient (Wildman–Crippen LogP) is 1.08. The highest BCUT2D eigenvalue weighted by atomic mass is 16.2. The second kappa shape index (κ2) is 3.91. The van der Waals surface area contributed by atoms with E-state index in [4.69, 9.17) is 5.26 Å². The minimum atomic E-state index is -0.0484. The highest BCUT2D eigenvalue weighted by Gasteiger charge is 2.30. The summed E-state index contributed by atoms with van der Waals surface area (Å²) >= 11 is 0. The Labute approximate surface area is 72.3 Å². The normalized spacial score (nSPS) is 14.9. The molecule has 3 nitrogen and oxygen atoms in total. The standard InChI is InChI=1S/C9H12N2O/c1-2-9(12)11(7-3-6-10)8-4-5-8/h2,8H,1,3-5,7H2. The summed E-state index contributed by atoms with van der Waals surface area (Å²) in [5.41, 5.74) is 0. The molecule has 64 valence electrons. The Kier molecular flexibility index (Phi) is 2.87. The Bertz CT molecular complexity index is 225. The van der Waals surface area contributed by atoms with Gasteiger partial charge in [-0.3, -0.25) is 4.79 Å². The Morgan fingerprint density at radius 2 is 2.42 bits per heavy atom. The maximum atomic E-state index is 11.2. The van der Waals surface area contributed by atoms with Gasteiger partial charge in [-0.25, -0.2) is 0 Å². The zero-order valence-corrected chi connectivity index (χ0v) is 6.99. The van der Waals surface area contributed by atoms with Crippen molar-refractivity contribution in [1.29, 1.82) is 5.26 Å². The summed E-state index contributed by atoms with van der Waals surface area (Å²) in [4.78, 5) is 12.9. The minimum Gasteiger partial charge on any atom is -0.335 e. The van der Waals surface area contributed by atoms with Gasteiger partial charge in [-0.15, -0.1) is 0 Å². The SMILES string of the molecule is C=CC(=O)N(CCC#N)C1CC1. The second-order valence-electron chi connectivity index (χ2n) is 2.88. The third kappa shape index (κ3) is 2.09. The van der Waals surface area contributed by atoms with E-state index in [0.717, 1.165) is 12.8 Å². The van der Waals surface area contributed by atoms with Crippen LogP contribution in [0.15, 0.2) is 12.7 Å². The molecule has 12 heavy (non-hydrogen) atoms. The molecule has 1 amide bonds. The van der Waals surface area contributed by atoms with Crippen molar-refractivity contribution in [3.8, 4) is 6.07 Å². The molecule has 1 fully saturated rings. The van der Waals surface area contributed by atoms with Crippen LogP contribution in [0.5, 0.6) is 0 Å². The number of amides is 1. The molecular weight excluding hydrogens is 152 g/mol. The van der Waals surface area contributed by atoms with Gasteiger partial charge < -0.3 is 4.90 Å². The Balaban J connectivity index is 2.43. The molecule has 3 heteroatoms. The first-order valence-electron chi connectivity index (χ1n) is 4.09. The number of nitriles is 1. The van der Waals surface area contributed by atoms with Gasteiger partial charge in [-0.2, -0.15) is 5.26 Å². The van der Waals surface area contributed by atoms with Crippen LogP contribution in [0.25, 0.3) is 0 Å². The fraction of sp³-hybridized carbons (Fsp3) is 0.556. The highest BCUT2D eigenvalue weighted by Crippen LogP contribution is 2.26. The fourth-order valence-corrected chi connectivity index (χ4v) is 1.15.